The summed E-state index contributed by atoms with van der Waals surface area (Å²) in [7, 11) is -2.14. The molecule has 4 rings (SSSR count). The van der Waals surface area contributed by atoms with Gasteiger partial charge in [0.15, 0.2) is 19.8 Å². The van der Waals surface area contributed by atoms with Crippen molar-refractivity contribution >= 4 is 42.8 Å². The Morgan fingerprint density at radius 1 is 1.24 bits per heavy atom. The fourth-order valence-electron chi connectivity index (χ4n) is 3.69. The molecule has 0 radical (unpaired) electrons. The van der Waals surface area contributed by atoms with E-state index >= 15 is 0 Å². The molecule has 1 aliphatic heterocycles. The molecule has 0 aliphatic carbocycles. The van der Waals surface area contributed by atoms with Crippen molar-refractivity contribution in [2.75, 3.05) is 12.3 Å². The second-order valence-electron chi connectivity index (χ2n) is 10.2. The van der Waals surface area contributed by atoms with Gasteiger partial charge >= 0.3 is 5.24 Å². The van der Waals surface area contributed by atoms with E-state index in [9.17, 15) is 5.53 Å². The third-order valence-corrected chi connectivity index (χ3v) is 11.4. The van der Waals surface area contributed by atoms with Gasteiger partial charge in [0.1, 0.15) is 42.1 Å². The van der Waals surface area contributed by atoms with Crippen LogP contribution in [0.25, 0.3) is 21.6 Å². The first-order chi connectivity index (χ1) is 17.5. The van der Waals surface area contributed by atoms with Crippen LogP contribution in [0.1, 0.15) is 27.0 Å². The monoisotopic (exact) mass is 542 g/mol. The Morgan fingerprint density at radius 2 is 1.97 bits per heavy atom. The Balaban J connectivity index is 1.66. The van der Waals surface area contributed by atoms with Gasteiger partial charge in [-0.3, -0.25) is 4.57 Å². The van der Waals surface area contributed by atoms with Crippen molar-refractivity contribution in [3.05, 3.63) is 53.4 Å². The van der Waals surface area contributed by atoms with Crippen molar-refractivity contribution in [2.24, 2.45) is 5.11 Å². The molecule has 0 bridgehead atoms. The van der Waals surface area contributed by atoms with Crippen LogP contribution in [0.2, 0.25) is 18.1 Å². The number of aromatic nitrogens is 4. The average Bonchev–Trinajstić information content (AvgIpc) is 3.40. The van der Waals surface area contributed by atoms with Gasteiger partial charge in [-0.1, -0.05) is 44.1 Å². The zero-order valence-corrected chi connectivity index (χ0v) is 23.1. The topological polar surface area (TPSA) is 155 Å². The number of rotatable bonds is 7. The highest BCUT2D eigenvalue weighted by molar-refractivity contribution is 7.79. The molecular formula is C23H30N8O4SSi. The first-order valence-corrected chi connectivity index (χ1v) is 15.0. The summed E-state index contributed by atoms with van der Waals surface area (Å²) in [6.45, 7) is 10.9. The maximum absolute atomic E-state index is 9.43. The molecule has 2 aromatic heterocycles. The van der Waals surface area contributed by atoms with Gasteiger partial charge < -0.3 is 24.4 Å². The van der Waals surface area contributed by atoms with Crippen LogP contribution in [-0.4, -0.2) is 57.9 Å². The number of para-hydroxylation sites is 1. The van der Waals surface area contributed by atoms with E-state index in [1.54, 1.807) is 16.7 Å². The largest absolute Gasteiger partial charge is 0.450 e. The highest BCUT2D eigenvalue weighted by atomic mass is 32.1. The summed E-state index contributed by atoms with van der Waals surface area (Å²) in [5, 5.41) is 3.87. The number of benzene rings is 1. The number of hydrogen-bond donors (Lipinski definition) is 1. The minimum Gasteiger partial charge on any atom is -0.450 e. The maximum Gasteiger partial charge on any atom is 0.358 e. The van der Waals surface area contributed by atoms with Crippen molar-refractivity contribution in [1.82, 2.24) is 19.5 Å². The van der Waals surface area contributed by atoms with Crippen LogP contribution in [0.4, 0.5) is 5.82 Å². The Labute approximate surface area is 220 Å². The van der Waals surface area contributed by atoms with E-state index in [1.165, 1.54) is 12.7 Å². The van der Waals surface area contributed by atoms with Crippen LogP contribution in [0.3, 0.4) is 0 Å². The molecule has 1 saturated heterocycles. The molecule has 0 amide bonds. The third-order valence-electron chi connectivity index (χ3n) is 6.75. The summed E-state index contributed by atoms with van der Waals surface area (Å²) in [6.07, 6.45) is 0.602. The van der Waals surface area contributed by atoms with Crippen molar-refractivity contribution in [2.45, 2.75) is 63.4 Å². The summed E-state index contributed by atoms with van der Waals surface area (Å²) in [6, 6.07) is 8.18. The smallest absolute Gasteiger partial charge is 0.358 e. The second-order valence-corrected chi connectivity index (χ2v) is 15.3. The number of imidazole rings is 1. The van der Waals surface area contributed by atoms with Crippen LogP contribution in [0, 0.1) is 0 Å². The zero-order valence-electron chi connectivity index (χ0n) is 21.3. The van der Waals surface area contributed by atoms with Crippen molar-refractivity contribution in [3.63, 3.8) is 0 Å². The van der Waals surface area contributed by atoms with E-state index < -0.39 is 32.8 Å². The van der Waals surface area contributed by atoms with Crippen LogP contribution in [0.5, 0.6) is 5.75 Å². The van der Waals surface area contributed by atoms with E-state index in [0.717, 1.165) is 0 Å². The van der Waals surface area contributed by atoms with Gasteiger partial charge in [-0.15, -0.1) is 0 Å². The van der Waals surface area contributed by atoms with Gasteiger partial charge in [0, 0.05) is 17.1 Å². The Kier molecular flexibility index (Phi) is 7.66. The van der Waals surface area contributed by atoms with E-state index in [1.807, 2.05) is 18.2 Å². The molecule has 0 saturated carbocycles. The molecule has 0 spiro atoms. The number of anilines is 1. The highest BCUT2D eigenvalue weighted by Gasteiger charge is 2.49. The molecule has 1 aromatic carbocycles. The normalized spacial score (nSPS) is 22.0. The van der Waals surface area contributed by atoms with E-state index in [4.69, 9.17) is 36.6 Å². The van der Waals surface area contributed by atoms with Crippen LogP contribution in [-0.2, 0) is 13.9 Å². The second kappa shape index (κ2) is 10.6. The number of nitrogen functional groups attached to an aromatic ring is 1. The van der Waals surface area contributed by atoms with Crippen LogP contribution >= 0.6 is 12.2 Å². The summed E-state index contributed by atoms with van der Waals surface area (Å²) in [5.74, 6) is 0.746. The van der Waals surface area contributed by atoms with Gasteiger partial charge in [0.05, 0.1) is 12.9 Å². The zero-order chi connectivity index (χ0) is 26.8. The van der Waals surface area contributed by atoms with Gasteiger partial charge in [0.25, 0.3) is 0 Å². The Hall–Kier alpha value is -3.29. The van der Waals surface area contributed by atoms with Crippen molar-refractivity contribution in [1.29, 1.82) is 0 Å². The SMILES string of the molecule is CC(C)(C)[Si](C)(C)OC[C@H]1O[C@@H](n2cnc3c(N)ncnc32)[C@@H](N=[N+]=[N-])[C@@H]1OC(=S)Oc1ccccc1. The lowest BCUT2D eigenvalue weighted by Gasteiger charge is -2.37. The molecule has 3 aromatic rings. The van der Waals surface area contributed by atoms with E-state index in [0.29, 0.717) is 16.9 Å². The van der Waals surface area contributed by atoms with Gasteiger partial charge in [0.2, 0.25) is 0 Å². The Morgan fingerprint density at radius 3 is 2.65 bits per heavy atom. The maximum atomic E-state index is 9.43. The fourth-order valence-corrected chi connectivity index (χ4v) is 4.92. The van der Waals surface area contributed by atoms with E-state index in [2.05, 4.69) is 58.8 Å². The number of azide groups is 1. The van der Waals surface area contributed by atoms with E-state index in [-0.39, 0.29) is 22.7 Å². The number of nitrogens with two attached hydrogens (primary N) is 1. The molecule has 196 valence electrons. The number of thiocarbonyl (C=S) groups is 1. The van der Waals surface area contributed by atoms with Crippen molar-refractivity contribution in [3.8, 4) is 5.75 Å². The van der Waals surface area contributed by atoms with Gasteiger partial charge in [-0.05, 0) is 35.8 Å². The molecular weight excluding hydrogens is 512 g/mol. The fraction of sp³-hybridized carbons (Fsp3) is 0.478. The lowest BCUT2D eigenvalue weighted by molar-refractivity contribution is -0.0406. The number of hydrogen-bond acceptors (Lipinski definition) is 10. The quantitative estimate of drug-likeness (QED) is 0.146. The lowest BCUT2D eigenvalue weighted by atomic mass is 10.1. The molecule has 14 heteroatoms. The van der Waals surface area contributed by atoms with Gasteiger partial charge in [-0.2, -0.15) is 0 Å². The summed E-state index contributed by atoms with van der Waals surface area (Å²) < 4.78 is 26.3. The molecule has 0 unspecified atom stereocenters. The average molecular weight is 543 g/mol. The number of ether oxygens (including phenoxy) is 3. The predicted molar refractivity (Wildman–Crippen MR) is 144 cm³/mol. The molecule has 4 atom stereocenters. The molecule has 37 heavy (non-hydrogen) atoms. The molecule has 1 fully saturated rings. The summed E-state index contributed by atoms with van der Waals surface area (Å²) in [5.41, 5.74) is 16.2. The molecule has 2 N–H and O–H groups in total. The highest BCUT2D eigenvalue weighted by Crippen LogP contribution is 2.40. The third kappa shape index (κ3) is 5.68. The minimum atomic E-state index is -2.14. The van der Waals surface area contributed by atoms with Crippen molar-refractivity contribution < 1.29 is 18.6 Å². The first-order valence-electron chi connectivity index (χ1n) is 11.7. The standard InChI is InChI=1S/C23H30N8O4SSi/c1-23(2,3)37(4,5)32-11-15-18(35-22(36)33-14-9-7-6-8-10-14)16(29-30-25)21(34-15)31-13-28-17-19(24)26-12-27-20(17)31/h6-10,12-13,15-16,18,21H,11H2,1-5H3,(H2,24,26,27)/t15-,16+,18-,21-/m1/s1. The Bertz CT molecular complexity index is 1310. The summed E-state index contributed by atoms with van der Waals surface area (Å²) in [4.78, 5) is 15.7. The summed E-state index contributed by atoms with van der Waals surface area (Å²) >= 11 is 5.39. The van der Waals surface area contributed by atoms with Gasteiger partial charge in [-0.25, -0.2) is 15.0 Å². The predicted octanol–water partition coefficient (Wildman–Crippen LogP) is 4.76. The molecule has 12 nitrogen and oxygen atoms in total. The molecule has 3 heterocycles. The number of nitrogens with zero attached hydrogens (tertiary/aromatic N) is 7. The number of fused-ring (bicyclic) bond motifs is 1. The molecule has 1 aliphatic rings. The first kappa shape index (κ1) is 26.8. The van der Waals surface area contributed by atoms with Crippen LogP contribution < -0.4 is 10.5 Å². The minimum absolute atomic E-state index is 0.0215. The lowest BCUT2D eigenvalue weighted by Crippen LogP contribution is -2.45. The van der Waals surface area contributed by atoms with Crippen LogP contribution in [0.15, 0.2) is 48.1 Å².